The molecule has 2 rings (SSSR count). The zero-order valence-electron chi connectivity index (χ0n) is 10.9. The smallest absolute Gasteiger partial charge is 0.281 e. The summed E-state index contributed by atoms with van der Waals surface area (Å²) in [5.74, 6) is 0. The highest BCUT2D eigenvalue weighted by atomic mass is 35.5. The third kappa shape index (κ3) is 2.65. The number of H-pyrrole nitrogens is 1. The van der Waals surface area contributed by atoms with Crippen LogP contribution in [0.5, 0.6) is 0 Å². The van der Waals surface area contributed by atoms with Gasteiger partial charge in [0.15, 0.2) is 0 Å². The zero-order valence-corrected chi connectivity index (χ0v) is 12.5. The average molecular weight is 316 g/mol. The first-order valence-corrected chi connectivity index (χ1v) is 7.65. The van der Waals surface area contributed by atoms with Gasteiger partial charge in [0.2, 0.25) is 5.03 Å². The van der Waals surface area contributed by atoms with Crippen molar-refractivity contribution in [3.8, 4) is 0 Å². The Morgan fingerprint density at radius 3 is 2.75 bits per heavy atom. The van der Waals surface area contributed by atoms with Crippen LogP contribution < -0.4 is 4.72 Å². The lowest BCUT2D eigenvalue weighted by molar-refractivity contribution is 0.277. The molecule has 0 unspecified atom stereocenters. The highest BCUT2D eigenvalue weighted by Crippen LogP contribution is 2.26. The number of aliphatic hydroxyl groups excluding tert-OH is 1. The summed E-state index contributed by atoms with van der Waals surface area (Å²) >= 11 is 5.95. The fraction of sp³-hybridized carbons (Fsp3) is 0.250. The predicted molar refractivity (Wildman–Crippen MR) is 76.2 cm³/mol. The summed E-state index contributed by atoms with van der Waals surface area (Å²) in [7, 11) is -3.89. The Kier molecular flexibility index (Phi) is 4.03. The summed E-state index contributed by atoms with van der Waals surface area (Å²) in [5.41, 5.74) is 1.76. The van der Waals surface area contributed by atoms with Gasteiger partial charge in [0.1, 0.15) is 0 Å². The maximum Gasteiger partial charge on any atom is 0.281 e. The van der Waals surface area contributed by atoms with Crippen molar-refractivity contribution in [3.05, 3.63) is 40.0 Å². The number of aromatic amines is 1. The van der Waals surface area contributed by atoms with Crippen LogP contribution in [0.2, 0.25) is 5.02 Å². The van der Waals surface area contributed by atoms with Crippen LogP contribution in [0.25, 0.3) is 0 Å². The van der Waals surface area contributed by atoms with E-state index in [0.29, 0.717) is 22.0 Å². The molecule has 3 N–H and O–H groups in total. The Morgan fingerprint density at radius 2 is 2.10 bits per heavy atom. The number of nitrogens with zero attached hydrogens (tertiary/aromatic N) is 1. The van der Waals surface area contributed by atoms with Crippen molar-refractivity contribution >= 4 is 27.3 Å². The molecule has 1 aromatic carbocycles. The van der Waals surface area contributed by atoms with Gasteiger partial charge in [-0.05, 0) is 31.5 Å². The van der Waals surface area contributed by atoms with Gasteiger partial charge in [0.05, 0.1) is 12.3 Å². The molecule has 0 saturated carbocycles. The van der Waals surface area contributed by atoms with E-state index in [1.165, 1.54) is 0 Å². The molecule has 0 bridgehead atoms. The molecule has 8 heteroatoms. The van der Waals surface area contributed by atoms with Crippen molar-refractivity contribution in [2.45, 2.75) is 25.5 Å². The number of nitrogens with one attached hydrogen (secondary N) is 2. The lowest BCUT2D eigenvalue weighted by Crippen LogP contribution is -2.16. The zero-order chi connectivity index (χ0) is 14.9. The quantitative estimate of drug-likeness (QED) is 0.804. The lowest BCUT2D eigenvalue weighted by atomic mass is 10.2. The third-order valence-electron chi connectivity index (χ3n) is 2.96. The van der Waals surface area contributed by atoms with Gasteiger partial charge in [0, 0.05) is 16.3 Å². The van der Waals surface area contributed by atoms with Crippen LogP contribution in [0, 0.1) is 13.8 Å². The second-order valence-corrected chi connectivity index (χ2v) is 6.31. The summed E-state index contributed by atoms with van der Waals surface area (Å²) in [5, 5.41) is 15.8. The van der Waals surface area contributed by atoms with Crippen LogP contribution >= 0.6 is 11.6 Å². The van der Waals surface area contributed by atoms with Crippen molar-refractivity contribution in [1.29, 1.82) is 0 Å². The lowest BCUT2D eigenvalue weighted by Gasteiger charge is -2.10. The largest absolute Gasteiger partial charge is 0.392 e. The molecule has 0 fully saturated rings. The van der Waals surface area contributed by atoms with Gasteiger partial charge < -0.3 is 5.11 Å². The van der Waals surface area contributed by atoms with Crippen LogP contribution in [0.4, 0.5) is 5.69 Å². The number of sulfonamides is 1. The molecule has 0 aliphatic carbocycles. The fourth-order valence-corrected chi connectivity index (χ4v) is 3.24. The molecule has 1 aromatic heterocycles. The Morgan fingerprint density at radius 1 is 1.40 bits per heavy atom. The maximum atomic E-state index is 12.3. The van der Waals surface area contributed by atoms with Gasteiger partial charge in [-0.15, -0.1) is 0 Å². The van der Waals surface area contributed by atoms with Crippen molar-refractivity contribution in [2.75, 3.05) is 4.72 Å². The first-order valence-electron chi connectivity index (χ1n) is 5.79. The Labute approximate surface area is 121 Å². The molecule has 0 aliphatic heterocycles. The molecule has 0 spiro atoms. The highest BCUT2D eigenvalue weighted by molar-refractivity contribution is 7.92. The summed E-state index contributed by atoms with van der Waals surface area (Å²) < 4.78 is 27.0. The van der Waals surface area contributed by atoms with Gasteiger partial charge in [-0.2, -0.15) is 13.5 Å². The van der Waals surface area contributed by atoms with Gasteiger partial charge in [-0.3, -0.25) is 9.82 Å². The second-order valence-electron chi connectivity index (χ2n) is 4.31. The normalized spacial score (nSPS) is 11.6. The van der Waals surface area contributed by atoms with Crippen molar-refractivity contribution in [2.24, 2.45) is 0 Å². The predicted octanol–water partition coefficient (Wildman–Crippen LogP) is 1.97. The molecule has 0 amide bonds. The standard InChI is InChI=1S/C12H14ClN3O3S/c1-7-10(13)4-3-5-11(7)16-20(18,19)12-9(6-17)8(2)14-15-12/h3-5,16-17H,6H2,1-2H3,(H,14,15). The van der Waals surface area contributed by atoms with Crippen molar-refractivity contribution in [1.82, 2.24) is 10.2 Å². The van der Waals surface area contributed by atoms with E-state index < -0.39 is 16.6 Å². The second kappa shape index (κ2) is 5.43. The minimum absolute atomic E-state index is 0.211. The molecule has 0 radical (unpaired) electrons. The van der Waals surface area contributed by atoms with E-state index in [1.54, 1.807) is 32.0 Å². The van der Waals surface area contributed by atoms with Crippen molar-refractivity contribution < 1.29 is 13.5 Å². The molecule has 2 aromatic rings. The van der Waals surface area contributed by atoms with E-state index in [-0.39, 0.29) is 10.6 Å². The number of aryl methyl sites for hydroxylation is 1. The number of benzene rings is 1. The summed E-state index contributed by atoms with van der Waals surface area (Å²) in [4.78, 5) is 0. The highest BCUT2D eigenvalue weighted by Gasteiger charge is 2.24. The van der Waals surface area contributed by atoms with E-state index in [2.05, 4.69) is 14.9 Å². The van der Waals surface area contributed by atoms with Crippen LogP contribution in [0.15, 0.2) is 23.2 Å². The molecular formula is C12H14ClN3O3S. The van der Waals surface area contributed by atoms with E-state index in [0.717, 1.165) is 0 Å². The molecule has 0 saturated heterocycles. The summed E-state index contributed by atoms with van der Waals surface area (Å²) in [6.45, 7) is 2.94. The molecule has 6 nitrogen and oxygen atoms in total. The number of halogens is 1. The van der Waals surface area contributed by atoms with Crippen molar-refractivity contribution in [3.63, 3.8) is 0 Å². The van der Waals surface area contributed by atoms with E-state index >= 15 is 0 Å². The fourth-order valence-electron chi connectivity index (χ4n) is 1.75. The van der Waals surface area contributed by atoms with E-state index in [1.807, 2.05) is 0 Å². The van der Waals surface area contributed by atoms with Crippen LogP contribution in [0.3, 0.4) is 0 Å². The topological polar surface area (TPSA) is 95.1 Å². The summed E-state index contributed by atoms with van der Waals surface area (Å²) in [6.07, 6.45) is 0. The minimum Gasteiger partial charge on any atom is -0.392 e. The van der Waals surface area contributed by atoms with E-state index in [9.17, 15) is 13.5 Å². The number of rotatable bonds is 4. The first kappa shape index (κ1) is 14.8. The number of hydrogen-bond donors (Lipinski definition) is 3. The van der Waals surface area contributed by atoms with Crippen LogP contribution in [-0.4, -0.2) is 23.7 Å². The third-order valence-corrected chi connectivity index (χ3v) is 4.71. The molecule has 20 heavy (non-hydrogen) atoms. The average Bonchev–Trinajstić information content (AvgIpc) is 2.76. The maximum absolute atomic E-state index is 12.3. The monoisotopic (exact) mass is 315 g/mol. The SMILES string of the molecule is Cc1[nH]nc(S(=O)(=O)Nc2cccc(Cl)c2C)c1CO. The molecule has 0 aliphatic rings. The van der Waals surface area contributed by atoms with Gasteiger partial charge in [-0.1, -0.05) is 17.7 Å². The molecule has 108 valence electrons. The molecule has 0 atom stereocenters. The molecular weight excluding hydrogens is 302 g/mol. The Hall–Kier alpha value is -1.57. The van der Waals surface area contributed by atoms with Gasteiger partial charge >= 0.3 is 0 Å². The Bertz CT molecular complexity index is 740. The Balaban J connectivity index is 2.44. The minimum atomic E-state index is -3.89. The first-order chi connectivity index (χ1) is 9.36. The van der Waals surface area contributed by atoms with Crippen LogP contribution in [-0.2, 0) is 16.6 Å². The number of aliphatic hydroxyl groups is 1. The van der Waals surface area contributed by atoms with Gasteiger partial charge in [0.25, 0.3) is 10.0 Å². The number of hydrogen-bond acceptors (Lipinski definition) is 4. The van der Waals surface area contributed by atoms with Crippen LogP contribution in [0.1, 0.15) is 16.8 Å². The summed E-state index contributed by atoms with van der Waals surface area (Å²) in [6, 6.07) is 4.93. The van der Waals surface area contributed by atoms with Gasteiger partial charge in [-0.25, -0.2) is 0 Å². The molecule has 1 heterocycles. The number of anilines is 1. The van der Waals surface area contributed by atoms with E-state index in [4.69, 9.17) is 11.6 Å². The number of aromatic nitrogens is 2.